The maximum absolute atomic E-state index is 9.59. The van der Waals surface area contributed by atoms with Crippen molar-refractivity contribution >= 4 is 0 Å². The molecule has 1 rings (SSSR count). The first-order valence-corrected chi connectivity index (χ1v) is 5.24. The fourth-order valence-corrected chi connectivity index (χ4v) is 1.71. The molecule has 0 radical (unpaired) electrons. The molecule has 1 fully saturated rings. The highest BCUT2D eigenvalue weighted by molar-refractivity contribution is 4.78. The van der Waals surface area contributed by atoms with Crippen molar-refractivity contribution in [2.45, 2.75) is 32.9 Å². The van der Waals surface area contributed by atoms with E-state index in [2.05, 4.69) is 31.0 Å². The van der Waals surface area contributed by atoms with E-state index in [0.29, 0.717) is 12.0 Å². The number of hydrogen-bond acceptors (Lipinski definition) is 3. The predicted octanol–water partition coefficient (Wildman–Crippen LogP) is 0.297. The van der Waals surface area contributed by atoms with Gasteiger partial charge in [0.05, 0.1) is 6.10 Å². The van der Waals surface area contributed by atoms with Crippen LogP contribution >= 0.6 is 0 Å². The Hall–Kier alpha value is -0.120. The Morgan fingerprint density at radius 2 is 2.08 bits per heavy atom. The normalized spacial score (nSPS) is 28.8. The molecule has 0 spiro atoms. The second-order valence-electron chi connectivity index (χ2n) is 4.34. The van der Waals surface area contributed by atoms with Gasteiger partial charge in [-0.2, -0.15) is 0 Å². The van der Waals surface area contributed by atoms with Crippen LogP contribution in [0.2, 0.25) is 0 Å². The van der Waals surface area contributed by atoms with Crippen molar-refractivity contribution in [3.8, 4) is 0 Å². The molecule has 0 aromatic carbocycles. The Balaban J connectivity index is 2.47. The van der Waals surface area contributed by atoms with Crippen LogP contribution in [0.3, 0.4) is 0 Å². The minimum atomic E-state index is -0.205. The number of nitrogens with one attached hydrogen (secondary N) is 1. The molecule has 0 aliphatic carbocycles. The standard InChI is InChI=1S/C10H22N2O/c1-8(2)9(3)12-5-4-11-6-10(13)7-12/h8-11,13H,4-7H2,1-3H3. The largest absolute Gasteiger partial charge is 0.390 e. The molecule has 0 amide bonds. The quantitative estimate of drug-likeness (QED) is 0.651. The van der Waals surface area contributed by atoms with Crippen LogP contribution in [-0.2, 0) is 0 Å². The van der Waals surface area contributed by atoms with Crippen LogP contribution in [0.5, 0.6) is 0 Å². The summed E-state index contributed by atoms with van der Waals surface area (Å²) in [6, 6.07) is 0.564. The monoisotopic (exact) mass is 186 g/mol. The molecule has 3 nitrogen and oxygen atoms in total. The number of aliphatic hydroxyl groups excluding tert-OH is 1. The van der Waals surface area contributed by atoms with Gasteiger partial charge in [-0.1, -0.05) is 13.8 Å². The van der Waals surface area contributed by atoms with E-state index in [1.165, 1.54) is 0 Å². The van der Waals surface area contributed by atoms with Crippen LogP contribution in [0.1, 0.15) is 20.8 Å². The highest BCUT2D eigenvalue weighted by atomic mass is 16.3. The summed E-state index contributed by atoms with van der Waals surface area (Å²) >= 11 is 0. The molecule has 2 unspecified atom stereocenters. The van der Waals surface area contributed by atoms with Crippen molar-refractivity contribution in [3.05, 3.63) is 0 Å². The summed E-state index contributed by atoms with van der Waals surface area (Å²) < 4.78 is 0. The number of nitrogens with zero attached hydrogens (tertiary/aromatic N) is 1. The molecule has 3 heteroatoms. The van der Waals surface area contributed by atoms with E-state index >= 15 is 0 Å². The van der Waals surface area contributed by atoms with Crippen LogP contribution < -0.4 is 5.32 Å². The average Bonchev–Trinajstić information content (AvgIpc) is 2.28. The molecule has 0 saturated carbocycles. The zero-order chi connectivity index (χ0) is 9.84. The van der Waals surface area contributed by atoms with Crippen molar-refractivity contribution in [3.63, 3.8) is 0 Å². The molecule has 2 atom stereocenters. The van der Waals surface area contributed by atoms with Gasteiger partial charge in [-0.05, 0) is 12.8 Å². The lowest BCUT2D eigenvalue weighted by atomic mass is 10.0. The molecular weight excluding hydrogens is 164 g/mol. The molecule has 0 aromatic heterocycles. The third-order valence-corrected chi connectivity index (χ3v) is 2.94. The van der Waals surface area contributed by atoms with E-state index in [1.54, 1.807) is 0 Å². The van der Waals surface area contributed by atoms with Gasteiger partial charge in [-0.25, -0.2) is 0 Å². The van der Waals surface area contributed by atoms with Crippen molar-refractivity contribution in [1.29, 1.82) is 0 Å². The van der Waals surface area contributed by atoms with Crippen LogP contribution in [-0.4, -0.2) is 48.3 Å². The van der Waals surface area contributed by atoms with Gasteiger partial charge >= 0.3 is 0 Å². The number of hydrogen-bond donors (Lipinski definition) is 2. The second-order valence-corrected chi connectivity index (χ2v) is 4.34. The van der Waals surface area contributed by atoms with Gasteiger partial charge in [0.2, 0.25) is 0 Å². The summed E-state index contributed by atoms with van der Waals surface area (Å²) in [4.78, 5) is 2.37. The van der Waals surface area contributed by atoms with Crippen LogP contribution in [0.15, 0.2) is 0 Å². The van der Waals surface area contributed by atoms with Gasteiger partial charge in [0.1, 0.15) is 0 Å². The molecule has 1 aliphatic rings. The van der Waals surface area contributed by atoms with Gasteiger partial charge in [0.15, 0.2) is 0 Å². The second kappa shape index (κ2) is 4.94. The first-order valence-electron chi connectivity index (χ1n) is 5.24. The number of β-amino-alcohol motifs (C(OH)–C–C–N with tert-alkyl or cyclic N) is 1. The topological polar surface area (TPSA) is 35.5 Å². The Morgan fingerprint density at radius 3 is 2.69 bits per heavy atom. The molecular formula is C10H22N2O. The summed E-state index contributed by atoms with van der Waals surface area (Å²) in [5.41, 5.74) is 0. The highest BCUT2D eigenvalue weighted by Gasteiger charge is 2.21. The van der Waals surface area contributed by atoms with Crippen molar-refractivity contribution in [2.75, 3.05) is 26.2 Å². The van der Waals surface area contributed by atoms with E-state index < -0.39 is 0 Å². The maximum Gasteiger partial charge on any atom is 0.0791 e. The molecule has 0 aromatic rings. The Morgan fingerprint density at radius 1 is 1.38 bits per heavy atom. The predicted molar refractivity (Wildman–Crippen MR) is 54.7 cm³/mol. The van der Waals surface area contributed by atoms with E-state index in [0.717, 1.165) is 26.2 Å². The lowest BCUT2D eigenvalue weighted by Gasteiger charge is -2.31. The van der Waals surface area contributed by atoms with Crippen molar-refractivity contribution in [2.24, 2.45) is 5.92 Å². The molecule has 1 saturated heterocycles. The van der Waals surface area contributed by atoms with E-state index in [4.69, 9.17) is 0 Å². The third kappa shape index (κ3) is 3.25. The van der Waals surface area contributed by atoms with E-state index in [1.807, 2.05) is 0 Å². The van der Waals surface area contributed by atoms with Crippen molar-refractivity contribution < 1.29 is 5.11 Å². The Kier molecular flexibility index (Phi) is 4.16. The Labute approximate surface area is 81.1 Å². The summed E-state index contributed by atoms with van der Waals surface area (Å²) in [6.07, 6.45) is -0.205. The highest BCUT2D eigenvalue weighted by Crippen LogP contribution is 2.11. The van der Waals surface area contributed by atoms with Crippen LogP contribution in [0, 0.1) is 5.92 Å². The SMILES string of the molecule is CC(C)C(C)N1CCNCC(O)C1. The fourth-order valence-electron chi connectivity index (χ4n) is 1.71. The van der Waals surface area contributed by atoms with E-state index in [9.17, 15) is 5.11 Å². The average molecular weight is 186 g/mol. The maximum atomic E-state index is 9.59. The number of aliphatic hydroxyl groups is 1. The summed E-state index contributed by atoms with van der Waals surface area (Å²) in [7, 11) is 0. The smallest absolute Gasteiger partial charge is 0.0791 e. The van der Waals surface area contributed by atoms with Gasteiger partial charge in [-0.3, -0.25) is 4.90 Å². The van der Waals surface area contributed by atoms with Crippen LogP contribution in [0.25, 0.3) is 0 Å². The zero-order valence-corrected chi connectivity index (χ0v) is 8.95. The Bertz CT molecular complexity index is 150. The summed E-state index contributed by atoms with van der Waals surface area (Å²) in [5.74, 6) is 0.658. The molecule has 13 heavy (non-hydrogen) atoms. The molecule has 2 N–H and O–H groups in total. The third-order valence-electron chi connectivity index (χ3n) is 2.94. The minimum Gasteiger partial charge on any atom is -0.390 e. The summed E-state index contributed by atoms with van der Waals surface area (Å²) in [5, 5.41) is 12.8. The van der Waals surface area contributed by atoms with Gasteiger partial charge in [-0.15, -0.1) is 0 Å². The molecule has 1 heterocycles. The molecule has 1 aliphatic heterocycles. The van der Waals surface area contributed by atoms with Gasteiger partial charge < -0.3 is 10.4 Å². The first-order chi connectivity index (χ1) is 6.11. The van der Waals surface area contributed by atoms with Crippen LogP contribution in [0.4, 0.5) is 0 Å². The molecule has 0 bridgehead atoms. The van der Waals surface area contributed by atoms with Gasteiger partial charge in [0.25, 0.3) is 0 Å². The first kappa shape index (κ1) is 11.0. The van der Waals surface area contributed by atoms with Gasteiger partial charge in [0, 0.05) is 32.2 Å². The summed E-state index contributed by atoms with van der Waals surface area (Å²) in [6.45, 7) is 10.3. The lowest BCUT2D eigenvalue weighted by Crippen LogP contribution is -2.41. The minimum absolute atomic E-state index is 0.205. The molecule has 78 valence electrons. The lowest BCUT2D eigenvalue weighted by molar-refractivity contribution is 0.0956. The number of rotatable bonds is 2. The zero-order valence-electron chi connectivity index (χ0n) is 8.95. The van der Waals surface area contributed by atoms with E-state index in [-0.39, 0.29) is 6.10 Å². The fraction of sp³-hybridized carbons (Fsp3) is 1.00. The van der Waals surface area contributed by atoms with Crippen molar-refractivity contribution in [1.82, 2.24) is 10.2 Å².